The van der Waals surface area contributed by atoms with Crippen LogP contribution < -0.4 is 0 Å². The summed E-state index contributed by atoms with van der Waals surface area (Å²) >= 11 is 0. The molecule has 0 aromatic heterocycles. The number of carbonyl (C=O) groups is 1. The third-order valence-electron chi connectivity index (χ3n) is 0.976. The number of carbonyl (C=O) groups excluding carboxylic acids is 1. The van der Waals surface area contributed by atoms with E-state index in [0.717, 1.165) is 6.40 Å². The van der Waals surface area contributed by atoms with Crippen LogP contribution >= 0.6 is 0 Å². The van der Waals surface area contributed by atoms with E-state index in [1.165, 1.54) is 0 Å². The van der Waals surface area contributed by atoms with Crippen molar-refractivity contribution in [1.29, 1.82) is 5.41 Å². The zero-order chi connectivity index (χ0) is 7.11. The Hall–Kier alpha value is -0.860. The maximum atomic E-state index is 10.5. The van der Waals surface area contributed by atoms with Crippen molar-refractivity contribution in [3.63, 3.8) is 0 Å². The second-order valence-corrected chi connectivity index (χ2v) is 1.63. The quantitative estimate of drug-likeness (QED) is 0.341. The smallest absolute Gasteiger partial charge is 0.166 e. The van der Waals surface area contributed by atoms with Gasteiger partial charge in [0.25, 0.3) is 0 Å². The number of ether oxygens (including phenoxy) is 1. The molecule has 0 bridgehead atoms. The van der Waals surface area contributed by atoms with Gasteiger partial charge in [-0.3, -0.25) is 10.2 Å². The fraction of sp³-hybridized carbons (Fsp3) is 0.667. The minimum atomic E-state index is 0.178. The molecule has 0 heterocycles. The van der Waals surface area contributed by atoms with Crippen LogP contribution in [0.25, 0.3) is 0 Å². The van der Waals surface area contributed by atoms with E-state index < -0.39 is 0 Å². The van der Waals surface area contributed by atoms with Crippen LogP contribution in [-0.2, 0) is 9.53 Å². The Morgan fingerprint density at radius 2 is 2.44 bits per heavy atom. The normalized spacial score (nSPS) is 8.56. The molecule has 3 heteroatoms. The Kier molecular flexibility index (Phi) is 4.78. The van der Waals surface area contributed by atoms with E-state index in [0.29, 0.717) is 19.4 Å². The van der Waals surface area contributed by atoms with Crippen LogP contribution in [0.2, 0.25) is 0 Å². The molecule has 0 aliphatic carbocycles. The van der Waals surface area contributed by atoms with Gasteiger partial charge in [-0.15, -0.1) is 0 Å². The molecular formula is C6H11NO2. The van der Waals surface area contributed by atoms with Crippen LogP contribution in [0.3, 0.4) is 0 Å². The molecule has 0 aromatic rings. The van der Waals surface area contributed by atoms with E-state index in [1.807, 2.05) is 6.92 Å². The second kappa shape index (κ2) is 5.28. The molecule has 0 aliphatic heterocycles. The maximum Gasteiger partial charge on any atom is 0.166 e. The topological polar surface area (TPSA) is 50.2 Å². The predicted octanol–water partition coefficient (Wildman–Crippen LogP) is 0.979. The molecule has 3 nitrogen and oxygen atoms in total. The third kappa shape index (κ3) is 5.00. The van der Waals surface area contributed by atoms with Crippen molar-refractivity contribution in [1.82, 2.24) is 0 Å². The zero-order valence-electron chi connectivity index (χ0n) is 5.52. The fourth-order valence-corrected chi connectivity index (χ4v) is 0.408. The summed E-state index contributed by atoms with van der Waals surface area (Å²) in [5, 5.41) is 6.45. The van der Waals surface area contributed by atoms with Gasteiger partial charge in [-0.1, -0.05) is 6.92 Å². The van der Waals surface area contributed by atoms with Crippen molar-refractivity contribution in [3.8, 4) is 0 Å². The van der Waals surface area contributed by atoms with Gasteiger partial charge in [0.15, 0.2) is 6.40 Å². The molecule has 0 spiro atoms. The van der Waals surface area contributed by atoms with Crippen molar-refractivity contribution in [2.75, 3.05) is 6.61 Å². The molecule has 0 saturated heterocycles. The van der Waals surface area contributed by atoms with Crippen molar-refractivity contribution < 1.29 is 9.53 Å². The maximum absolute atomic E-state index is 10.5. The Balaban J connectivity index is 3.06. The Bertz CT molecular complexity index is 101. The summed E-state index contributed by atoms with van der Waals surface area (Å²) in [5.41, 5.74) is 0. The van der Waals surface area contributed by atoms with Crippen molar-refractivity contribution in [3.05, 3.63) is 0 Å². The average molecular weight is 129 g/mol. The SMILES string of the molecule is CCC(=O)CCOC=N. The first kappa shape index (κ1) is 8.14. The van der Waals surface area contributed by atoms with E-state index in [2.05, 4.69) is 4.74 Å². The van der Waals surface area contributed by atoms with Crippen LogP contribution in [0.1, 0.15) is 19.8 Å². The standard InChI is InChI=1S/C6H11NO2/c1-2-6(8)3-4-9-5-7/h5,7H,2-4H2,1H3. The number of Topliss-reactive ketones (excluding diaryl/α,β-unsaturated/α-hetero) is 1. The Morgan fingerprint density at radius 1 is 1.78 bits per heavy atom. The summed E-state index contributed by atoms with van der Waals surface area (Å²) in [6.07, 6.45) is 1.83. The van der Waals surface area contributed by atoms with E-state index >= 15 is 0 Å². The summed E-state index contributed by atoms with van der Waals surface area (Å²) in [6.45, 7) is 2.16. The Morgan fingerprint density at radius 3 is 2.89 bits per heavy atom. The number of hydrogen-bond donors (Lipinski definition) is 1. The number of ketones is 1. The number of rotatable bonds is 5. The van der Waals surface area contributed by atoms with E-state index in [1.54, 1.807) is 0 Å². The molecule has 52 valence electrons. The van der Waals surface area contributed by atoms with Gasteiger partial charge in [0, 0.05) is 12.8 Å². The first-order valence-electron chi connectivity index (χ1n) is 2.93. The second-order valence-electron chi connectivity index (χ2n) is 1.63. The lowest BCUT2D eigenvalue weighted by molar-refractivity contribution is -0.119. The molecule has 0 amide bonds. The highest BCUT2D eigenvalue weighted by Gasteiger charge is 1.95. The summed E-state index contributed by atoms with van der Waals surface area (Å²) in [4.78, 5) is 10.5. The van der Waals surface area contributed by atoms with Gasteiger partial charge < -0.3 is 4.74 Å². The summed E-state index contributed by atoms with van der Waals surface area (Å²) in [7, 11) is 0. The highest BCUT2D eigenvalue weighted by atomic mass is 16.5. The molecule has 0 aliphatic rings. The molecule has 9 heavy (non-hydrogen) atoms. The van der Waals surface area contributed by atoms with Crippen molar-refractivity contribution >= 4 is 12.2 Å². The van der Waals surface area contributed by atoms with Gasteiger partial charge in [0.2, 0.25) is 0 Å². The van der Waals surface area contributed by atoms with Gasteiger partial charge >= 0.3 is 0 Å². The number of nitrogens with one attached hydrogen (secondary N) is 1. The lowest BCUT2D eigenvalue weighted by Gasteiger charge is -1.95. The zero-order valence-corrected chi connectivity index (χ0v) is 5.52. The monoisotopic (exact) mass is 129 g/mol. The fourth-order valence-electron chi connectivity index (χ4n) is 0.408. The lowest BCUT2D eigenvalue weighted by Crippen LogP contribution is -2.00. The summed E-state index contributed by atoms with van der Waals surface area (Å²) in [6, 6.07) is 0. The van der Waals surface area contributed by atoms with Gasteiger partial charge in [-0.25, -0.2) is 0 Å². The van der Waals surface area contributed by atoms with E-state index in [9.17, 15) is 4.79 Å². The average Bonchev–Trinajstić information content (AvgIpc) is 1.89. The lowest BCUT2D eigenvalue weighted by atomic mass is 10.2. The highest BCUT2D eigenvalue weighted by Crippen LogP contribution is 1.87. The first-order chi connectivity index (χ1) is 4.31. The van der Waals surface area contributed by atoms with Crippen LogP contribution in [0, 0.1) is 5.41 Å². The molecule has 0 radical (unpaired) electrons. The minimum absolute atomic E-state index is 0.178. The molecule has 0 rings (SSSR count). The minimum Gasteiger partial charge on any atom is -0.483 e. The molecule has 0 saturated carbocycles. The molecule has 0 fully saturated rings. The first-order valence-corrected chi connectivity index (χ1v) is 2.93. The summed E-state index contributed by atoms with van der Waals surface area (Å²) in [5.74, 6) is 0.178. The molecular weight excluding hydrogens is 118 g/mol. The largest absolute Gasteiger partial charge is 0.483 e. The molecule has 0 unspecified atom stereocenters. The van der Waals surface area contributed by atoms with E-state index in [4.69, 9.17) is 5.41 Å². The van der Waals surface area contributed by atoms with Gasteiger partial charge in [-0.05, 0) is 0 Å². The third-order valence-corrected chi connectivity index (χ3v) is 0.976. The van der Waals surface area contributed by atoms with Gasteiger partial charge in [0.05, 0.1) is 6.61 Å². The van der Waals surface area contributed by atoms with Crippen LogP contribution in [0.4, 0.5) is 0 Å². The Labute approximate surface area is 54.5 Å². The molecule has 0 aromatic carbocycles. The van der Waals surface area contributed by atoms with E-state index in [-0.39, 0.29) is 5.78 Å². The summed E-state index contributed by atoms with van der Waals surface area (Å²) < 4.78 is 4.53. The van der Waals surface area contributed by atoms with Gasteiger partial charge in [-0.2, -0.15) is 0 Å². The van der Waals surface area contributed by atoms with Crippen LogP contribution in [0.5, 0.6) is 0 Å². The van der Waals surface area contributed by atoms with Crippen molar-refractivity contribution in [2.24, 2.45) is 0 Å². The van der Waals surface area contributed by atoms with Crippen LogP contribution in [-0.4, -0.2) is 18.8 Å². The predicted molar refractivity (Wildman–Crippen MR) is 34.7 cm³/mol. The molecule has 0 atom stereocenters. The number of hydrogen-bond acceptors (Lipinski definition) is 3. The van der Waals surface area contributed by atoms with Gasteiger partial charge in [0.1, 0.15) is 5.78 Å². The highest BCUT2D eigenvalue weighted by molar-refractivity contribution is 5.78. The van der Waals surface area contributed by atoms with Crippen LogP contribution in [0.15, 0.2) is 0 Å². The molecule has 1 N–H and O–H groups in total. The van der Waals surface area contributed by atoms with Crippen molar-refractivity contribution in [2.45, 2.75) is 19.8 Å².